The van der Waals surface area contributed by atoms with E-state index < -0.39 is 17.7 Å². The summed E-state index contributed by atoms with van der Waals surface area (Å²) in [6.45, 7) is 1.85. The fourth-order valence-electron chi connectivity index (χ4n) is 3.15. The largest absolute Gasteiger partial charge is 0.384 e. The molecule has 0 fully saturated rings. The normalized spacial score (nSPS) is 12.5. The third-order valence-electron chi connectivity index (χ3n) is 4.85. The van der Waals surface area contributed by atoms with Crippen molar-refractivity contribution >= 4 is 34.9 Å². The van der Waals surface area contributed by atoms with E-state index in [1.165, 1.54) is 0 Å². The van der Waals surface area contributed by atoms with Crippen LogP contribution in [-0.2, 0) is 9.59 Å². The van der Waals surface area contributed by atoms with Crippen LogP contribution in [0.3, 0.4) is 0 Å². The first-order valence-corrected chi connectivity index (χ1v) is 10.1. The number of nitrogens with one attached hydrogen (secondary N) is 3. The maximum Gasteiger partial charge on any atom is 0.241 e. The molecule has 0 saturated heterocycles. The van der Waals surface area contributed by atoms with Crippen molar-refractivity contribution in [2.75, 3.05) is 5.32 Å². The van der Waals surface area contributed by atoms with Crippen molar-refractivity contribution in [3.05, 3.63) is 101 Å². The molecule has 0 aliphatic heterocycles. The third kappa shape index (κ3) is 5.71. The van der Waals surface area contributed by atoms with Gasteiger partial charge in [0.25, 0.3) is 0 Å². The van der Waals surface area contributed by atoms with E-state index in [9.17, 15) is 9.59 Å². The zero-order valence-electron chi connectivity index (χ0n) is 16.9. The van der Waals surface area contributed by atoms with Crippen LogP contribution in [0.15, 0.2) is 78.9 Å². The lowest BCUT2D eigenvalue weighted by molar-refractivity contribution is -0.129. The Bertz CT molecular complexity index is 1070. The first-order chi connectivity index (χ1) is 14.8. The lowest BCUT2D eigenvalue weighted by Gasteiger charge is -2.21. The van der Waals surface area contributed by atoms with E-state index in [0.29, 0.717) is 21.8 Å². The van der Waals surface area contributed by atoms with Crippen LogP contribution in [0.5, 0.6) is 0 Å². The molecule has 0 bridgehead atoms. The van der Waals surface area contributed by atoms with Crippen LogP contribution in [0.1, 0.15) is 35.6 Å². The second-order valence-electron chi connectivity index (χ2n) is 7.11. The number of halogens is 1. The van der Waals surface area contributed by atoms with Gasteiger partial charge in [0.1, 0.15) is 11.8 Å². The van der Waals surface area contributed by atoms with E-state index in [-0.39, 0.29) is 11.9 Å². The van der Waals surface area contributed by atoms with Crippen molar-refractivity contribution in [2.45, 2.75) is 18.9 Å². The summed E-state index contributed by atoms with van der Waals surface area (Å²) in [4.78, 5) is 26.2. The maximum absolute atomic E-state index is 13.1. The summed E-state index contributed by atoms with van der Waals surface area (Å²) in [6, 6.07) is 22.3. The van der Waals surface area contributed by atoms with Gasteiger partial charge in [0.05, 0.1) is 6.04 Å². The van der Waals surface area contributed by atoms with E-state index >= 15 is 0 Å². The summed E-state index contributed by atoms with van der Waals surface area (Å²) in [6.07, 6.45) is 0. The molecule has 5 N–H and O–H groups in total. The Kier molecular flexibility index (Phi) is 7.05. The van der Waals surface area contributed by atoms with E-state index in [1.807, 2.05) is 25.1 Å². The van der Waals surface area contributed by atoms with Gasteiger partial charge in [-0.3, -0.25) is 15.0 Å². The minimum atomic E-state index is -1.04. The first-order valence-electron chi connectivity index (χ1n) is 9.71. The summed E-state index contributed by atoms with van der Waals surface area (Å²) in [5.41, 5.74) is 7.99. The van der Waals surface area contributed by atoms with E-state index in [0.717, 1.165) is 5.56 Å². The van der Waals surface area contributed by atoms with Crippen molar-refractivity contribution in [3.8, 4) is 0 Å². The summed E-state index contributed by atoms with van der Waals surface area (Å²) >= 11 is 5.94. The highest BCUT2D eigenvalue weighted by molar-refractivity contribution is 6.30. The number of carbonyl (C=O) groups excluding carboxylic acids is 2. The molecule has 0 radical (unpaired) electrons. The number of rotatable bonds is 7. The predicted molar refractivity (Wildman–Crippen MR) is 123 cm³/mol. The van der Waals surface area contributed by atoms with Gasteiger partial charge >= 0.3 is 0 Å². The molecule has 0 aliphatic carbocycles. The van der Waals surface area contributed by atoms with Crippen LogP contribution in [0.25, 0.3) is 0 Å². The second-order valence-corrected chi connectivity index (χ2v) is 7.54. The van der Waals surface area contributed by atoms with Crippen LogP contribution in [0.2, 0.25) is 5.02 Å². The molecule has 158 valence electrons. The van der Waals surface area contributed by atoms with Gasteiger partial charge in [0.15, 0.2) is 0 Å². The number of amides is 2. The molecule has 7 heteroatoms. The van der Waals surface area contributed by atoms with Crippen molar-refractivity contribution in [3.63, 3.8) is 0 Å². The lowest BCUT2D eigenvalue weighted by Crippen LogP contribution is -2.37. The Balaban J connectivity index is 1.80. The van der Waals surface area contributed by atoms with Crippen molar-refractivity contribution in [2.24, 2.45) is 5.73 Å². The van der Waals surface area contributed by atoms with Crippen LogP contribution in [0, 0.1) is 5.41 Å². The van der Waals surface area contributed by atoms with Gasteiger partial charge in [-0.15, -0.1) is 0 Å². The van der Waals surface area contributed by atoms with E-state index in [2.05, 4.69) is 10.6 Å². The maximum atomic E-state index is 13.1. The number of hydrogen-bond acceptors (Lipinski definition) is 3. The minimum absolute atomic E-state index is 0.0596. The van der Waals surface area contributed by atoms with Crippen LogP contribution >= 0.6 is 11.6 Å². The first kappa shape index (κ1) is 22.1. The molecule has 0 heterocycles. The van der Waals surface area contributed by atoms with Crippen molar-refractivity contribution in [1.29, 1.82) is 5.41 Å². The SMILES string of the molecule is C[C@H](NC(=O)C(C(=O)Nc1ccc(C(=N)N)cc1)c1ccccc1)c1ccc(Cl)cc1. The Morgan fingerprint density at radius 1 is 0.871 bits per heavy atom. The number of nitrogens with two attached hydrogens (primary N) is 1. The molecule has 2 amide bonds. The number of benzene rings is 3. The molecule has 0 aliphatic rings. The molecular weight excluding hydrogens is 412 g/mol. The lowest BCUT2D eigenvalue weighted by atomic mass is 9.96. The predicted octanol–water partition coefficient (Wildman–Crippen LogP) is 4.22. The molecule has 2 atom stereocenters. The van der Waals surface area contributed by atoms with Gasteiger partial charge < -0.3 is 16.4 Å². The number of carbonyl (C=O) groups is 2. The average Bonchev–Trinajstić information content (AvgIpc) is 2.75. The number of anilines is 1. The van der Waals surface area contributed by atoms with E-state index in [1.54, 1.807) is 60.7 Å². The number of nitrogen functional groups attached to an aromatic ring is 1. The average molecular weight is 435 g/mol. The Morgan fingerprint density at radius 2 is 1.48 bits per heavy atom. The molecule has 0 spiro atoms. The number of hydrogen-bond donors (Lipinski definition) is 4. The molecule has 0 aromatic heterocycles. The Morgan fingerprint density at radius 3 is 2.06 bits per heavy atom. The zero-order chi connectivity index (χ0) is 22.4. The van der Waals surface area contributed by atoms with Crippen LogP contribution in [-0.4, -0.2) is 17.6 Å². The standard InChI is InChI=1S/C24H23ClN4O2/c1-15(16-7-11-19(25)12-8-16)28-23(30)21(17-5-3-2-4-6-17)24(31)29-20-13-9-18(10-14-20)22(26)27/h2-15,21H,1H3,(H3,26,27)(H,28,30)(H,29,31)/t15-,21?/m0/s1. The van der Waals surface area contributed by atoms with Crippen LogP contribution < -0.4 is 16.4 Å². The smallest absolute Gasteiger partial charge is 0.241 e. The molecule has 1 unspecified atom stereocenters. The van der Waals surface area contributed by atoms with Gasteiger partial charge in [-0.2, -0.15) is 0 Å². The Hall–Kier alpha value is -3.64. The minimum Gasteiger partial charge on any atom is -0.384 e. The molecule has 31 heavy (non-hydrogen) atoms. The van der Waals surface area contributed by atoms with Gasteiger partial charge in [0, 0.05) is 16.3 Å². The molecule has 3 rings (SSSR count). The highest BCUT2D eigenvalue weighted by Gasteiger charge is 2.29. The Labute approximate surface area is 185 Å². The van der Waals surface area contributed by atoms with E-state index in [4.69, 9.17) is 22.7 Å². The molecule has 3 aromatic carbocycles. The van der Waals surface area contributed by atoms with Gasteiger partial charge in [-0.25, -0.2) is 0 Å². The van der Waals surface area contributed by atoms with Gasteiger partial charge in [0.2, 0.25) is 11.8 Å². The summed E-state index contributed by atoms with van der Waals surface area (Å²) in [5.74, 6) is -1.96. The van der Waals surface area contributed by atoms with Crippen molar-refractivity contribution < 1.29 is 9.59 Å². The highest BCUT2D eigenvalue weighted by atomic mass is 35.5. The fourth-order valence-corrected chi connectivity index (χ4v) is 3.27. The molecule has 3 aromatic rings. The van der Waals surface area contributed by atoms with Gasteiger partial charge in [-0.05, 0) is 54.4 Å². The second kappa shape index (κ2) is 9.91. The van der Waals surface area contributed by atoms with Crippen molar-refractivity contribution in [1.82, 2.24) is 5.32 Å². The summed E-state index contributed by atoms with van der Waals surface area (Å²) in [7, 11) is 0. The van der Waals surface area contributed by atoms with Crippen LogP contribution in [0.4, 0.5) is 5.69 Å². The summed E-state index contributed by atoms with van der Waals surface area (Å²) in [5, 5.41) is 13.8. The quantitative estimate of drug-likeness (QED) is 0.254. The fraction of sp³-hybridized carbons (Fsp3) is 0.125. The molecule has 6 nitrogen and oxygen atoms in total. The monoisotopic (exact) mass is 434 g/mol. The summed E-state index contributed by atoms with van der Waals surface area (Å²) < 4.78 is 0. The highest BCUT2D eigenvalue weighted by Crippen LogP contribution is 2.22. The topological polar surface area (TPSA) is 108 Å². The zero-order valence-corrected chi connectivity index (χ0v) is 17.7. The number of amidine groups is 1. The third-order valence-corrected chi connectivity index (χ3v) is 5.10. The molecular formula is C24H23ClN4O2. The molecule has 0 saturated carbocycles. The van der Waals surface area contributed by atoms with Gasteiger partial charge in [-0.1, -0.05) is 54.1 Å².